The Morgan fingerprint density at radius 1 is 1.21 bits per heavy atom. The van der Waals surface area contributed by atoms with Crippen molar-refractivity contribution in [1.82, 2.24) is 9.55 Å². The second-order valence-electron chi connectivity index (χ2n) is 5.83. The summed E-state index contributed by atoms with van der Waals surface area (Å²) in [4.78, 5) is 36.7. The third-order valence-electron chi connectivity index (χ3n) is 3.75. The predicted octanol–water partition coefficient (Wildman–Crippen LogP) is -5.07. The number of hydrogen-bond acceptors (Lipinski definition) is 10. The Hall–Kier alpha value is -1.03. The molecule has 33 heavy (non-hydrogen) atoms. The summed E-state index contributed by atoms with van der Waals surface area (Å²) >= 11 is 0. The van der Waals surface area contributed by atoms with Crippen LogP contribution in [0.5, 0.6) is 5.75 Å². The van der Waals surface area contributed by atoms with Crippen molar-refractivity contribution in [3.05, 3.63) is 48.3 Å². The third-order valence-corrected chi connectivity index (χ3v) is 5.43. The smallest absolute Gasteiger partial charge is 0.790 e. The summed E-state index contributed by atoms with van der Waals surface area (Å²) in [7, 11) is -8.64. The quantitative estimate of drug-likeness (QED) is 0.181. The van der Waals surface area contributed by atoms with Crippen molar-refractivity contribution in [1.29, 1.82) is 0 Å². The number of phosphoric ester groups is 1. The Balaban J connectivity index is 0.00000272. The van der Waals surface area contributed by atoms with Gasteiger partial charge in [-0.25, -0.2) is 14.2 Å². The normalized spacial score (nSPS) is 11.3. The molecule has 2 aromatic carbocycles. The predicted molar refractivity (Wildman–Crippen MR) is 98.7 cm³/mol. The number of carbonyl (C=O) groups excluding carboxylic acids is 1. The maximum atomic E-state index is 13.3. The Morgan fingerprint density at radius 3 is 2.52 bits per heavy atom. The molecule has 166 valence electrons. The zero-order chi connectivity index (χ0) is 22.8. The van der Waals surface area contributed by atoms with Crippen LogP contribution >= 0.6 is 7.82 Å². The van der Waals surface area contributed by atoms with E-state index in [0.717, 1.165) is 29.9 Å². The Bertz CT molecular complexity index is 1300. The number of nitrogens with zero attached hydrogens (tertiary/aromatic N) is 2. The number of hydrogen-bond donors (Lipinski definition) is 1. The van der Waals surface area contributed by atoms with Gasteiger partial charge in [-0.3, -0.25) is 9.88 Å². The maximum Gasteiger partial charge on any atom is 1.00 e. The van der Waals surface area contributed by atoms with Crippen LogP contribution in [0, 0.1) is 5.82 Å². The van der Waals surface area contributed by atoms with Crippen molar-refractivity contribution < 1.29 is 105 Å². The molecule has 0 bridgehead atoms. The van der Waals surface area contributed by atoms with Crippen LogP contribution < -0.4 is 78.4 Å². The van der Waals surface area contributed by atoms with Gasteiger partial charge in [0.25, 0.3) is 0 Å². The largest absolute Gasteiger partial charge is 1.00 e. The van der Waals surface area contributed by atoms with E-state index in [1.807, 2.05) is 0 Å². The molecule has 0 aliphatic heterocycles. The van der Waals surface area contributed by atoms with Crippen molar-refractivity contribution in [2.75, 3.05) is 12.4 Å². The number of benzene rings is 2. The standard InChI is InChI=1S/C16H15FN3O9PS.2Na/c1-27-16(21)19-15-18-13-8-11(5-6-14(13)20(15)9-28-30(22,23)24)29-31(25,26)12-4-2-3-10(17)7-12;;/h2-8H,9H2,1H3,(H,18,19,21)(H2,22,23,24);;/q;2*+1/p-2. The average Bonchev–Trinajstić information content (AvgIpc) is 3.01. The molecule has 0 saturated heterocycles. The van der Waals surface area contributed by atoms with E-state index in [0.29, 0.717) is 0 Å². The van der Waals surface area contributed by atoms with Gasteiger partial charge in [-0.05, 0) is 30.3 Å². The molecule has 1 heterocycles. The van der Waals surface area contributed by atoms with E-state index in [1.54, 1.807) is 0 Å². The van der Waals surface area contributed by atoms with E-state index in [9.17, 15) is 32.0 Å². The second-order valence-corrected chi connectivity index (χ2v) is 8.53. The zero-order valence-electron chi connectivity index (χ0n) is 17.6. The first-order valence-corrected chi connectivity index (χ1v) is 11.1. The number of aromatic nitrogens is 2. The summed E-state index contributed by atoms with van der Waals surface area (Å²) in [6, 6.07) is 7.84. The van der Waals surface area contributed by atoms with E-state index in [-0.39, 0.29) is 81.8 Å². The number of carbonyl (C=O) groups is 1. The molecule has 0 spiro atoms. The van der Waals surface area contributed by atoms with Crippen molar-refractivity contribution in [3.8, 4) is 5.75 Å². The number of methoxy groups -OCH3 is 1. The maximum absolute atomic E-state index is 13.3. The zero-order valence-corrected chi connectivity index (χ0v) is 23.3. The number of rotatable bonds is 7. The molecular weight excluding hydrogens is 506 g/mol. The summed E-state index contributed by atoms with van der Waals surface area (Å²) in [6.07, 6.45) is -0.950. The number of fused-ring (bicyclic) bond motifs is 1. The van der Waals surface area contributed by atoms with Crippen molar-refractivity contribution in [2.24, 2.45) is 0 Å². The van der Waals surface area contributed by atoms with E-state index < -0.39 is 41.5 Å². The van der Waals surface area contributed by atoms with Gasteiger partial charge < -0.3 is 27.8 Å². The fourth-order valence-electron chi connectivity index (χ4n) is 2.46. The fourth-order valence-corrected chi connectivity index (χ4v) is 3.67. The molecule has 0 radical (unpaired) electrons. The van der Waals surface area contributed by atoms with Gasteiger partial charge in [0.05, 0.1) is 26.0 Å². The van der Waals surface area contributed by atoms with Crippen LogP contribution in [0.2, 0.25) is 0 Å². The number of anilines is 1. The van der Waals surface area contributed by atoms with Crippen LogP contribution in [0.1, 0.15) is 0 Å². The van der Waals surface area contributed by atoms with Crippen LogP contribution in [0.15, 0.2) is 47.4 Å². The van der Waals surface area contributed by atoms with Crippen molar-refractivity contribution >= 4 is 41.0 Å². The van der Waals surface area contributed by atoms with Gasteiger partial charge in [-0.1, -0.05) is 6.07 Å². The molecule has 12 nitrogen and oxygen atoms in total. The summed E-state index contributed by atoms with van der Waals surface area (Å²) < 4.78 is 63.5. The molecule has 17 heteroatoms. The molecular formula is C16H13FN3Na2O9PS. The van der Waals surface area contributed by atoms with E-state index in [4.69, 9.17) is 4.18 Å². The van der Waals surface area contributed by atoms with Crippen LogP contribution in [0.25, 0.3) is 11.0 Å². The van der Waals surface area contributed by atoms with Crippen LogP contribution in [-0.2, 0) is 30.7 Å². The molecule has 0 saturated carbocycles. The van der Waals surface area contributed by atoms with Gasteiger partial charge in [-0.2, -0.15) is 8.42 Å². The SMILES string of the molecule is COC(=O)Nc1nc2cc(OS(=O)(=O)c3cccc(F)c3)ccc2n1COP(=O)([O-])[O-].[Na+].[Na+]. The van der Waals surface area contributed by atoms with Gasteiger partial charge in [0.15, 0.2) is 0 Å². The van der Waals surface area contributed by atoms with E-state index >= 15 is 0 Å². The van der Waals surface area contributed by atoms with Crippen LogP contribution in [0.3, 0.4) is 0 Å². The first kappa shape index (κ1) is 30.0. The van der Waals surface area contributed by atoms with Gasteiger partial charge in [-0.15, -0.1) is 0 Å². The molecule has 1 amide bonds. The third kappa shape index (κ3) is 8.01. The first-order chi connectivity index (χ1) is 14.5. The summed E-state index contributed by atoms with van der Waals surface area (Å²) in [6.45, 7) is -0.818. The number of phosphoric acid groups is 1. The minimum atomic E-state index is -5.35. The Morgan fingerprint density at radius 2 is 1.91 bits per heavy atom. The summed E-state index contributed by atoms with van der Waals surface area (Å²) in [5.41, 5.74) is 0.212. The van der Waals surface area contributed by atoms with E-state index in [2.05, 4.69) is 19.6 Å². The Labute approximate surface area is 231 Å². The Kier molecular flexibility index (Phi) is 11.0. The summed E-state index contributed by atoms with van der Waals surface area (Å²) in [5.74, 6) is -1.22. The number of ether oxygens (including phenoxy) is 1. The minimum Gasteiger partial charge on any atom is -0.790 e. The second kappa shape index (κ2) is 12.1. The number of imidazole rings is 1. The fraction of sp³-hybridized carbons (Fsp3) is 0.125. The van der Waals surface area contributed by atoms with Crippen LogP contribution in [-0.4, -0.2) is 31.2 Å². The molecule has 3 rings (SSSR count). The van der Waals surface area contributed by atoms with Crippen LogP contribution in [0.4, 0.5) is 15.1 Å². The molecule has 0 atom stereocenters. The molecule has 1 N–H and O–H groups in total. The molecule has 1 aromatic heterocycles. The van der Waals surface area contributed by atoms with Crippen molar-refractivity contribution in [3.63, 3.8) is 0 Å². The van der Waals surface area contributed by atoms with Crippen molar-refractivity contribution in [2.45, 2.75) is 11.6 Å². The first-order valence-electron chi connectivity index (χ1n) is 8.20. The minimum absolute atomic E-state index is 0. The van der Waals surface area contributed by atoms with Gasteiger partial charge in [0, 0.05) is 6.07 Å². The molecule has 0 fully saturated rings. The van der Waals surface area contributed by atoms with Gasteiger partial charge >= 0.3 is 75.3 Å². The van der Waals surface area contributed by atoms with Gasteiger partial charge in [0.2, 0.25) is 5.95 Å². The number of halogens is 1. The number of amides is 1. The monoisotopic (exact) mass is 519 g/mol. The molecule has 3 aromatic rings. The average molecular weight is 519 g/mol. The summed E-state index contributed by atoms with van der Waals surface area (Å²) in [5, 5.41) is 2.20. The number of nitrogens with one attached hydrogen (secondary N) is 1. The van der Waals surface area contributed by atoms with Gasteiger partial charge in [0.1, 0.15) is 23.2 Å². The molecule has 0 aliphatic carbocycles. The molecule has 0 aliphatic rings. The van der Waals surface area contributed by atoms with E-state index in [1.165, 1.54) is 24.3 Å². The molecule has 0 unspecified atom stereocenters. The topological polar surface area (TPSA) is 172 Å².